The zero-order valence-corrected chi connectivity index (χ0v) is 29.4. The Morgan fingerprint density at radius 1 is 0.941 bits per heavy atom. The highest BCUT2D eigenvalue weighted by Gasteiger charge is 2.48. The molecule has 1 aliphatic rings. The van der Waals surface area contributed by atoms with Gasteiger partial charge in [0.15, 0.2) is 17.7 Å². The van der Waals surface area contributed by atoms with Crippen LogP contribution >= 0.6 is 0 Å². The Morgan fingerprint density at radius 2 is 1.61 bits per heavy atom. The number of aromatic amines is 1. The fourth-order valence-corrected chi connectivity index (χ4v) is 6.66. The van der Waals surface area contributed by atoms with Gasteiger partial charge in [0, 0.05) is 6.42 Å². The van der Waals surface area contributed by atoms with Gasteiger partial charge in [-0.1, -0.05) is 62.6 Å². The first-order valence-corrected chi connectivity index (χ1v) is 18.6. The number of imidazole rings is 1. The lowest BCUT2D eigenvalue weighted by molar-refractivity contribution is -0.204. The molecule has 17 nitrogen and oxygen atoms in total. The molecule has 6 atom stereocenters. The molecular formula is C33H49N7O10S. The molecular weight excluding hydrogens is 686 g/mol. The minimum absolute atomic E-state index is 0.160. The predicted molar refractivity (Wildman–Crippen MR) is 185 cm³/mol. The van der Waals surface area contributed by atoms with E-state index in [9.17, 15) is 38.4 Å². The maximum absolute atomic E-state index is 12.7. The number of aromatic nitrogens is 4. The normalized spacial score (nSPS) is 21.3. The molecule has 2 amide bonds. The number of fused-ring (bicyclic) bond motifs is 1. The number of carbonyl (C=O) groups excluding carboxylic acids is 2. The molecule has 3 heterocycles. The van der Waals surface area contributed by atoms with E-state index in [1.165, 1.54) is 12.7 Å². The first kappa shape index (κ1) is 40.0. The van der Waals surface area contributed by atoms with Crippen LogP contribution in [0.5, 0.6) is 0 Å². The second-order valence-corrected chi connectivity index (χ2v) is 14.2. The van der Waals surface area contributed by atoms with Crippen LogP contribution < -0.4 is 16.0 Å². The number of aliphatic hydroxyl groups is 4. The molecule has 0 unspecified atom stereocenters. The number of nitrogens with zero attached hydrogens (tertiary/aromatic N) is 3. The standard InChI is InChI=1S/C33H49N7O10S/c1-21-12-14-22(15-13-21)51(47,48)49-16-10-8-6-4-2-3-5-7-9-11-24(43)34-17-25(44)39-26-28(45)29(46)33(50-30(26)23(42)18-41)40-32-27-31(36-19-35-27)37-20-38-32/h12-15,19-20,23,26,28-30,33,41-42,45-46H,2-11,16-18H2,1H3,(H,34,43)(H,39,44)(H2,35,36,37,38,40)/t23-,26+,28+,29+,30-,33-/m0/s1. The number of H-pyrrole nitrogens is 1. The van der Waals surface area contributed by atoms with Crippen molar-refractivity contribution in [1.29, 1.82) is 0 Å². The van der Waals surface area contributed by atoms with Crippen LogP contribution in [0.1, 0.15) is 69.8 Å². The van der Waals surface area contributed by atoms with Gasteiger partial charge in [0.2, 0.25) is 11.8 Å². The van der Waals surface area contributed by atoms with Crippen LogP contribution in [0.15, 0.2) is 41.8 Å². The number of aryl methyl sites for hydroxylation is 1. The third kappa shape index (κ3) is 11.9. The van der Waals surface area contributed by atoms with Crippen molar-refractivity contribution < 1.29 is 47.4 Å². The molecule has 282 valence electrons. The summed E-state index contributed by atoms with van der Waals surface area (Å²) in [5.41, 5.74) is 1.74. The van der Waals surface area contributed by atoms with Crippen molar-refractivity contribution in [1.82, 2.24) is 30.6 Å². The lowest BCUT2D eigenvalue weighted by Crippen LogP contribution is -2.68. The summed E-state index contributed by atoms with van der Waals surface area (Å²) >= 11 is 0. The predicted octanol–water partition coefficient (Wildman–Crippen LogP) is 0.781. The van der Waals surface area contributed by atoms with Gasteiger partial charge in [0.1, 0.15) is 36.3 Å². The molecule has 1 aromatic carbocycles. The van der Waals surface area contributed by atoms with Crippen molar-refractivity contribution in [3.63, 3.8) is 0 Å². The zero-order chi connectivity index (χ0) is 36.8. The summed E-state index contributed by atoms with van der Waals surface area (Å²) in [7, 11) is -3.72. The lowest BCUT2D eigenvalue weighted by Gasteiger charge is -2.44. The molecule has 0 spiro atoms. The van der Waals surface area contributed by atoms with Crippen LogP contribution in [0, 0.1) is 6.92 Å². The van der Waals surface area contributed by atoms with Crippen LogP contribution in [0.25, 0.3) is 11.2 Å². The Bertz CT molecular complexity index is 1640. The van der Waals surface area contributed by atoms with Gasteiger partial charge in [-0.25, -0.2) is 15.0 Å². The van der Waals surface area contributed by atoms with Crippen LogP contribution in [0.2, 0.25) is 0 Å². The molecule has 51 heavy (non-hydrogen) atoms. The topological polar surface area (TPSA) is 258 Å². The molecule has 1 fully saturated rings. The Balaban J connectivity index is 1.06. The van der Waals surface area contributed by atoms with E-state index in [0.717, 1.165) is 50.5 Å². The number of anilines is 1. The number of ether oxygens (including phenoxy) is 1. The number of aliphatic hydroxyl groups excluding tert-OH is 4. The second-order valence-electron chi connectivity index (χ2n) is 12.6. The fourth-order valence-electron chi connectivity index (χ4n) is 5.72. The van der Waals surface area contributed by atoms with Gasteiger partial charge in [0.25, 0.3) is 10.1 Å². The highest BCUT2D eigenvalue weighted by molar-refractivity contribution is 7.86. The molecule has 8 N–H and O–H groups in total. The number of hydrogen-bond acceptors (Lipinski definition) is 14. The summed E-state index contributed by atoms with van der Waals surface area (Å²) in [5.74, 6) is -0.788. The number of carbonyl (C=O) groups is 2. The van der Waals surface area contributed by atoms with E-state index in [1.54, 1.807) is 24.3 Å². The molecule has 2 aromatic heterocycles. The minimum Gasteiger partial charge on any atom is -0.394 e. The summed E-state index contributed by atoms with van der Waals surface area (Å²) in [5, 5.41) is 49.6. The first-order valence-electron chi connectivity index (χ1n) is 17.2. The van der Waals surface area contributed by atoms with Gasteiger partial charge in [-0.05, 0) is 31.9 Å². The lowest BCUT2D eigenvalue weighted by atomic mass is 9.92. The van der Waals surface area contributed by atoms with E-state index >= 15 is 0 Å². The average molecular weight is 736 g/mol. The van der Waals surface area contributed by atoms with Crippen molar-refractivity contribution in [2.45, 2.75) is 113 Å². The number of hydrogen-bond donors (Lipinski definition) is 8. The van der Waals surface area contributed by atoms with Gasteiger partial charge < -0.3 is 46.1 Å². The number of benzene rings is 1. The molecule has 18 heteroatoms. The first-order chi connectivity index (χ1) is 24.5. The van der Waals surface area contributed by atoms with Gasteiger partial charge in [-0.2, -0.15) is 8.42 Å². The van der Waals surface area contributed by atoms with Crippen molar-refractivity contribution in [2.75, 3.05) is 25.1 Å². The third-order valence-corrected chi connectivity index (χ3v) is 9.95. The van der Waals surface area contributed by atoms with E-state index in [-0.39, 0.29) is 29.6 Å². The third-order valence-electron chi connectivity index (χ3n) is 8.62. The highest BCUT2D eigenvalue weighted by Crippen LogP contribution is 2.26. The van der Waals surface area contributed by atoms with Gasteiger partial charge in [-0.3, -0.25) is 13.8 Å². The highest BCUT2D eigenvalue weighted by atomic mass is 32.2. The molecule has 1 aliphatic heterocycles. The van der Waals surface area contributed by atoms with Crippen molar-refractivity contribution in [2.24, 2.45) is 0 Å². The maximum Gasteiger partial charge on any atom is 0.296 e. The van der Waals surface area contributed by atoms with E-state index in [4.69, 9.17) is 8.92 Å². The molecule has 0 bridgehead atoms. The number of unbranched alkanes of at least 4 members (excludes halogenated alkanes) is 8. The monoisotopic (exact) mass is 735 g/mol. The quantitative estimate of drug-likeness (QED) is 0.0556. The van der Waals surface area contributed by atoms with Gasteiger partial charge >= 0.3 is 0 Å². The van der Waals surface area contributed by atoms with E-state index in [2.05, 4.69) is 35.9 Å². The fraction of sp³-hybridized carbons (Fsp3) is 0.606. The molecule has 0 radical (unpaired) electrons. The second kappa shape index (κ2) is 19.7. The maximum atomic E-state index is 12.7. The van der Waals surface area contributed by atoms with Crippen LogP contribution in [-0.2, 0) is 28.6 Å². The summed E-state index contributed by atoms with van der Waals surface area (Å²) < 4.78 is 35.4. The summed E-state index contributed by atoms with van der Waals surface area (Å²) in [6.45, 7) is 0.901. The van der Waals surface area contributed by atoms with Crippen molar-refractivity contribution in [3.05, 3.63) is 42.5 Å². The summed E-state index contributed by atoms with van der Waals surface area (Å²) in [6.07, 6.45) is 3.61. The Morgan fingerprint density at radius 3 is 2.29 bits per heavy atom. The van der Waals surface area contributed by atoms with Crippen LogP contribution in [0.3, 0.4) is 0 Å². The SMILES string of the molecule is Cc1ccc(S(=O)(=O)OCCCCCCCCCCCC(=O)NCC(=O)N[C@@H]2[C@@H](O)[C@@H](O)[C@@H](Nc3ncnc4nc[nH]c34)O[C@H]2[C@@H](O)CO)cc1. The Kier molecular flexibility index (Phi) is 15.5. The van der Waals surface area contributed by atoms with E-state index in [0.29, 0.717) is 24.0 Å². The van der Waals surface area contributed by atoms with Crippen LogP contribution in [-0.4, -0.2) is 117 Å². The smallest absolute Gasteiger partial charge is 0.296 e. The van der Waals surface area contributed by atoms with Crippen molar-refractivity contribution >= 4 is 38.9 Å². The van der Waals surface area contributed by atoms with Gasteiger partial charge in [-0.15, -0.1) is 0 Å². The number of nitrogens with one attached hydrogen (secondary N) is 4. The van der Waals surface area contributed by atoms with Gasteiger partial charge in [0.05, 0.1) is 37.0 Å². The van der Waals surface area contributed by atoms with E-state index < -0.39 is 65.9 Å². The zero-order valence-electron chi connectivity index (χ0n) is 28.6. The number of amides is 2. The Hall–Kier alpha value is -3.78. The van der Waals surface area contributed by atoms with Crippen molar-refractivity contribution in [3.8, 4) is 0 Å². The molecule has 0 aliphatic carbocycles. The van der Waals surface area contributed by atoms with Crippen LogP contribution in [0.4, 0.5) is 5.82 Å². The minimum atomic E-state index is -3.72. The molecule has 1 saturated heterocycles. The summed E-state index contributed by atoms with van der Waals surface area (Å²) in [4.78, 5) is 40.2. The molecule has 4 rings (SSSR count). The number of rotatable bonds is 21. The summed E-state index contributed by atoms with van der Waals surface area (Å²) in [6, 6.07) is 5.26. The molecule has 0 saturated carbocycles. The molecule has 3 aromatic rings. The van der Waals surface area contributed by atoms with E-state index in [1.807, 2.05) is 6.92 Å². The largest absolute Gasteiger partial charge is 0.394 e. The Labute approximate surface area is 296 Å². The average Bonchev–Trinajstić information content (AvgIpc) is 3.61.